The maximum absolute atomic E-state index is 4.60. The monoisotopic (exact) mass is 521 g/mol. The Kier molecular flexibility index (Phi) is 8.88. The molecule has 0 saturated heterocycles. The van der Waals surface area contributed by atoms with Gasteiger partial charge in [0.15, 0.2) is 5.96 Å². The molecule has 0 amide bonds. The number of guanidine groups is 1. The maximum Gasteiger partial charge on any atom is 0.193 e. The van der Waals surface area contributed by atoms with Crippen LogP contribution >= 0.6 is 24.0 Å². The Balaban J connectivity index is 0.00000320. The highest BCUT2D eigenvalue weighted by molar-refractivity contribution is 14.0. The third kappa shape index (κ3) is 6.07. The Hall–Kier alpha value is -2.36. The number of halogens is 1. The van der Waals surface area contributed by atoms with Gasteiger partial charge in [-0.25, -0.2) is 4.68 Å². The van der Waals surface area contributed by atoms with Gasteiger partial charge in [-0.2, -0.15) is 10.2 Å². The molecule has 0 atom stereocenters. The number of rotatable bonds is 7. The smallest absolute Gasteiger partial charge is 0.193 e. The van der Waals surface area contributed by atoms with E-state index >= 15 is 0 Å². The highest BCUT2D eigenvalue weighted by Crippen LogP contribution is 2.18. The number of nitrogens with one attached hydrogen (secondary N) is 1. The van der Waals surface area contributed by atoms with Gasteiger partial charge < -0.3 is 10.2 Å². The molecular weight excluding hydrogens is 489 g/mol. The third-order valence-electron chi connectivity index (χ3n) is 4.82. The second kappa shape index (κ2) is 11.1. The van der Waals surface area contributed by atoms with E-state index in [1.54, 1.807) is 0 Å². The van der Waals surface area contributed by atoms with E-state index in [0.717, 1.165) is 36.9 Å². The number of aliphatic imine (C=N–C) groups is 1. The fourth-order valence-corrected chi connectivity index (χ4v) is 3.41. The molecule has 3 rings (SSSR count). The van der Waals surface area contributed by atoms with Gasteiger partial charge in [-0.05, 0) is 30.0 Å². The molecule has 1 aromatic carbocycles. The molecule has 8 heteroatoms. The topological polar surface area (TPSA) is 63.3 Å². The van der Waals surface area contributed by atoms with Gasteiger partial charge in [-0.1, -0.05) is 32.0 Å². The molecule has 30 heavy (non-hydrogen) atoms. The fraction of sp³-hybridized carbons (Fsp3) is 0.409. The Morgan fingerprint density at radius 3 is 2.60 bits per heavy atom. The molecule has 0 spiro atoms. The minimum Gasteiger partial charge on any atom is -0.356 e. The zero-order chi connectivity index (χ0) is 20.8. The number of para-hydroxylation sites is 1. The Morgan fingerprint density at radius 2 is 1.93 bits per heavy atom. The lowest BCUT2D eigenvalue weighted by atomic mass is 10.1. The first-order chi connectivity index (χ1) is 14.0. The molecule has 0 bridgehead atoms. The predicted molar refractivity (Wildman–Crippen MR) is 133 cm³/mol. The van der Waals surface area contributed by atoms with Crippen LogP contribution in [0.15, 0.2) is 53.9 Å². The maximum atomic E-state index is 4.60. The largest absolute Gasteiger partial charge is 0.356 e. The average molecular weight is 521 g/mol. The van der Waals surface area contributed by atoms with Gasteiger partial charge in [-0.3, -0.25) is 9.67 Å². The van der Waals surface area contributed by atoms with Crippen molar-refractivity contribution in [2.24, 2.45) is 12.0 Å². The average Bonchev–Trinajstić information content (AvgIpc) is 3.32. The van der Waals surface area contributed by atoms with Crippen LogP contribution in [0.5, 0.6) is 0 Å². The zero-order valence-corrected chi connectivity index (χ0v) is 20.7. The molecule has 3 aromatic rings. The van der Waals surface area contributed by atoms with Crippen LogP contribution in [0.25, 0.3) is 5.69 Å². The van der Waals surface area contributed by atoms with Crippen molar-refractivity contribution in [3.8, 4) is 5.69 Å². The summed E-state index contributed by atoms with van der Waals surface area (Å²) < 4.78 is 3.80. The van der Waals surface area contributed by atoms with Crippen LogP contribution in [-0.2, 0) is 20.0 Å². The minimum atomic E-state index is 0. The van der Waals surface area contributed by atoms with E-state index in [4.69, 9.17) is 0 Å². The molecule has 7 nitrogen and oxygen atoms in total. The summed E-state index contributed by atoms with van der Waals surface area (Å²) in [5, 5.41) is 12.5. The third-order valence-corrected chi connectivity index (χ3v) is 4.82. The minimum absolute atomic E-state index is 0. The molecule has 0 aliphatic heterocycles. The van der Waals surface area contributed by atoms with Crippen LogP contribution in [-0.4, -0.2) is 51.1 Å². The van der Waals surface area contributed by atoms with Gasteiger partial charge in [0.1, 0.15) is 0 Å². The Morgan fingerprint density at radius 1 is 1.20 bits per heavy atom. The van der Waals surface area contributed by atoms with Gasteiger partial charge in [0.25, 0.3) is 0 Å². The van der Waals surface area contributed by atoms with Gasteiger partial charge in [0, 0.05) is 52.2 Å². The Labute approximate surface area is 196 Å². The lowest BCUT2D eigenvalue weighted by molar-refractivity contribution is 0.474. The van der Waals surface area contributed by atoms with Crippen molar-refractivity contribution in [3.05, 3.63) is 65.7 Å². The normalized spacial score (nSPS) is 11.5. The van der Waals surface area contributed by atoms with Crippen molar-refractivity contribution in [2.45, 2.75) is 32.7 Å². The highest BCUT2D eigenvalue weighted by atomic mass is 127. The van der Waals surface area contributed by atoms with Crippen LogP contribution in [0.1, 0.15) is 36.6 Å². The molecule has 0 unspecified atom stereocenters. The van der Waals surface area contributed by atoms with Crippen molar-refractivity contribution in [2.75, 3.05) is 20.6 Å². The van der Waals surface area contributed by atoms with Crippen LogP contribution in [0.4, 0.5) is 0 Å². The van der Waals surface area contributed by atoms with E-state index in [0.29, 0.717) is 5.92 Å². The van der Waals surface area contributed by atoms with E-state index in [2.05, 4.69) is 70.8 Å². The molecule has 0 fully saturated rings. The van der Waals surface area contributed by atoms with Crippen molar-refractivity contribution >= 4 is 29.9 Å². The number of nitrogens with zero attached hydrogens (tertiary/aromatic N) is 6. The summed E-state index contributed by atoms with van der Waals surface area (Å²) in [5.74, 6) is 1.27. The van der Waals surface area contributed by atoms with E-state index in [9.17, 15) is 0 Å². The summed E-state index contributed by atoms with van der Waals surface area (Å²) in [4.78, 5) is 6.57. The van der Waals surface area contributed by atoms with E-state index in [1.807, 2.05) is 47.9 Å². The van der Waals surface area contributed by atoms with Crippen LogP contribution < -0.4 is 5.32 Å². The SMILES string of the molecule is CN=C(NCCc1cnn(-c2ccccc2)c1)N(C)Cc1cn(C)nc1C(C)C.I. The quantitative estimate of drug-likeness (QED) is 0.293. The molecule has 0 radical (unpaired) electrons. The summed E-state index contributed by atoms with van der Waals surface area (Å²) in [6, 6.07) is 10.1. The molecule has 0 aliphatic rings. The molecule has 0 aliphatic carbocycles. The molecule has 0 saturated carbocycles. The van der Waals surface area contributed by atoms with E-state index < -0.39 is 0 Å². The van der Waals surface area contributed by atoms with E-state index in [1.165, 1.54) is 11.1 Å². The number of benzene rings is 1. The number of hydrogen-bond acceptors (Lipinski definition) is 3. The van der Waals surface area contributed by atoms with Gasteiger partial charge in [0.2, 0.25) is 0 Å². The fourth-order valence-electron chi connectivity index (χ4n) is 3.41. The van der Waals surface area contributed by atoms with Gasteiger partial charge in [0.05, 0.1) is 17.6 Å². The summed E-state index contributed by atoms with van der Waals surface area (Å²) in [7, 11) is 5.84. The summed E-state index contributed by atoms with van der Waals surface area (Å²) in [5.41, 5.74) is 4.63. The zero-order valence-electron chi connectivity index (χ0n) is 18.4. The Bertz CT molecular complexity index is 944. The van der Waals surface area contributed by atoms with Crippen LogP contribution in [0.3, 0.4) is 0 Å². The molecule has 1 N–H and O–H groups in total. The van der Waals surface area contributed by atoms with Gasteiger partial charge >= 0.3 is 0 Å². The van der Waals surface area contributed by atoms with Crippen molar-refractivity contribution in [3.63, 3.8) is 0 Å². The van der Waals surface area contributed by atoms with Crippen molar-refractivity contribution < 1.29 is 0 Å². The van der Waals surface area contributed by atoms with Gasteiger partial charge in [-0.15, -0.1) is 24.0 Å². The molecule has 2 heterocycles. The molecular formula is C22H32IN7. The second-order valence-electron chi connectivity index (χ2n) is 7.58. The van der Waals surface area contributed by atoms with Crippen LogP contribution in [0.2, 0.25) is 0 Å². The van der Waals surface area contributed by atoms with Crippen molar-refractivity contribution in [1.29, 1.82) is 0 Å². The molecule has 162 valence electrons. The summed E-state index contributed by atoms with van der Waals surface area (Å²) >= 11 is 0. The standard InChI is InChI=1S/C22H31N7.HI/c1-17(2)21-19(16-28(5)26-21)15-27(4)22(23-3)24-12-11-18-13-25-29(14-18)20-9-7-6-8-10-20;/h6-10,13-14,16-17H,11-12,15H2,1-5H3,(H,23,24);1H. The first-order valence-corrected chi connectivity index (χ1v) is 10.0. The van der Waals surface area contributed by atoms with Crippen LogP contribution in [0, 0.1) is 0 Å². The first-order valence-electron chi connectivity index (χ1n) is 10.0. The second-order valence-corrected chi connectivity index (χ2v) is 7.58. The predicted octanol–water partition coefficient (Wildman–Crippen LogP) is 3.60. The lowest BCUT2D eigenvalue weighted by Crippen LogP contribution is -2.39. The summed E-state index contributed by atoms with van der Waals surface area (Å²) in [6.45, 7) is 5.91. The lowest BCUT2D eigenvalue weighted by Gasteiger charge is -2.22. The number of aryl methyl sites for hydroxylation is 1. The molecule has 2 aromatic heterocycles. The summed E-state index contributed by atoms with van der Waals surface area (Å²) in [6.07, 6.45) is 6.97. The first kappa shape index (κ1) is 23.9. The highest BCUT2D eigenvalue weighted by Gasteiger charge is 2.15. The number of aromatic nitrogens is 4. The van der Waals surface area contributed by atoms with Crippen molar-refractivity contribution in [1.82, 2.24) is 29.8 Å². The van der Waals surface area contributed by atoms with E-state index in [-0.39, 0.29) is 24.0 Å². The number of hydrogen-bond donors (Lipinski definition) is 1.